The van der Waals surface area contributed by atoms with Gasteiger partial charge in [0.05, 0.1) is 0 Å². The summed E-state index contributed by atoms with van der Waals surface area (Å²) >= 11 is 0. The number of carbonyl (C=O) groups excluding carboxylic acids is 4. The Morgan fingerprint density at radius 3 is 2.22 bits per heavy atom. The normalized spacial score (nSPS) is 18.2. The second-order valence-corrected chi connectivity index (χ2v) is 8.34. The number of carbonyl (C=O) groups is 4. The smallest absolute Gasteiger partial charge is 0.412 e. The molecule has 9 heteroatoms. The van der Waals surface area contributed by atoms with Crippen LogP contribution in [0.25, 0.3) is 0 Å². The van der Waals surface area contributed by atoms with Crippen molar-refractivity contribution >= 4 is 29.6 Å². The zero-order valence-corrected chi connectivity index (χ0v) is 18.4. The van der Waals surface area contributed by atoms with Crippen LogP contribution in [0.2, 0.25) is 0 Å². The minimum absolute atomic E-state index is 0.203. The summed E-state index contributed by atoms with van der Waals surface area (Å²) in [5.41, 5.74) is 1.75. The first-order chi connectivity index (χ1) is 15.1. The second-order valence-electron chi connectivity index (χ2n) is 8.34. The van der Waals surface area contributed by atoms with Gasteiger partial charge in [-0.2, -0.15) is 5.01 Å². The minimum atomic E-state index is -1.24. The van der Waals surface area contributed by atoms with Gasteiger partial charge in [0.1, 0.15) is 11.1 Å². The van der Waals surface area contributed by atoms with Crippen LogP contribution in [0.1, 0.15) is 50.0 Å². The Balaban J connectivity index is 1.70. The van der Waals surface area contributed by atoms with Gasteiger partial charge in [0.15, 0.2) is 0 Å². The van der Waals surface area contributed by atoms with Crippen molar-refractivity contribution in [2.45, 2.75) is 45.3 Å². The number of hydrogen-bond acceptors (Lipinski definition) is 5. The third-order valence-electron chi connectivity index (χ3n) is 4.89. The molecule has 0 aromatic heterocycles. The number of rotatable bonds is 5. The van der Waals surface area contributed by atoms with Gasteiger partial charge in [-0.05, 0) is 57.0 Å². The van der Waals surface area contributed by atoms with Crippen LogP contribution in [0.4, 0.5) is 15.3 Å². The fourth-order valence-corrected chi connectivity index (χ4v) is 3.33. The number of nitrogens with zero attached hydrogens (tertiary/aromatic N) is 1. The number of benzene rings is 2. The van der Waals surface area contributed by atoms with Crippen molar-refractivity contribution in [2.24, 2.45) is 0 Å². The highest BCUT2D eigenvalue weighted by Gasteiger charge is 2.52. The van der Waals surface area contributed by atoms with Crippen LogP contribution in [0.5, 0.6) is 0 Å². The highest BCUT2D eigenvalue weighted by molar-refractivity contribution is 6.09. The fraction of sp³-hybridized carbons (Fsp3) is 0.304. The molecule has 3 rings (SSSR count). The first-order valence-corrected chi connectivity index (χ1v) is 10.2. The van der Waals surface area contributed by atoms with E-state index in [1.165, 1.54) is 24.3 Å². The number of imide groups is 1. The largest absolute Gasteiger partial charge is 0.444 e. The van der Waals surface area contributed by atoms with Crippen LogP contribution in [0.15, 0.2) is 54.6 Å². The van der Waals surface area contributed by atoms with Gasteiger partial charge in [0.25, 0.3) is 11.8 Å². The molecule has 1 saturated heterocycles. The lowest BCUT2D eigenvalue weighted by Crippen LogP contribution is -2.48. The molecular formula is C23H26N4O5. The van der Waals surface area contributed by atoms with Gasteiger partial charge in [-0.15, -0.1) is 0 Å². The molecule has 1 aliphatic rings. The predicted octanol–water partition coefficient (Wildman–Crippen LogP) is 3.54. The number of hydrazine groups is 1. The summed E-state index contributed by atoms with van der Waals surface area (Å²) in [6, 6.07) is 14.1. The molecule has 0 radical (unpaired) electrons. The zero-order chi connectivity index (χ0) is 23.5. The summed E-state index contributed by atoms with van der Waals surface area (Å²) in [6.45, 7) is 7.04. The fourth-order valence-electron chi connectivity index (χ4n) is 3.33. The first-order valence-electron chi connectivity index (χ1n) is 10.2. The third-order valence-corrected chi connectivity index (χ3v) is 4.89. The summed E-state index contributed by atoms with van der Waals surface area (Å²) in [6.07, 6.45) is -0.301. The van der Waals surface area contributed by atoms with Crippen molar-refractivity contribution in [3.63, 3.8) is 0 Å². The minimum Gasteiger partial charge on any atom is -0.444 e. The summed E-state index contributed by atoms with van der Waals surface area (Å²) in [4.78, 5) is 50.1. The Bertz CT molecular complexity index is 1030. The zero-order valence-electron chi connectivity index (χ0n) is 18.4. The molecular weight excluding hydrogens is 412 g/mol. The van der Waals surface area contributed by atoms with Crippen molar-refractivity contribution in [3.05, 3.63) is 65.7 Å². The van der Waals surface area contributed by atoms with Crippen molar-refractivity contribution in [2.75, 3.05) is 5.32 Å². The van der Waals surface area contributed by atoms with E-state index >= 15 is 0 Å². The van der Waals surface area contributed by atoms with Crippen molar-refractivity contribution in [1.29, 1.82) is 0 Å². The lowest BCUT2D eigenvalue weighted by atomic mass is 9.87. The Morgan fingerprint density at radius 2 is 1.66 bits per heavy atom. The van der Waals surface area contributed by atoms with Gasteiger partial charge in [-0.3, -0.25) is 20.3 Å². The average molecular weight is 438 g/mol. The summed E-state index contributed by atoms with van der Waals surface area (Å²) < 4.78 is 5.18. The number of hydrogen-bond donors (Lipinski definition) is 3. The molecule has 5 amide bonds. The summed E-state index contributed by atoms with van der Waals surface area (Å²) in [7, 11) is 0. The molecule has 1 atom stereocenters. The molecule has 1 unspecified atom stereocenters. The van der Waals surface area contributed by atoms with E-state index in [9.17, 15) is 19.2 Å². The quantitative estimate of drug-likeness (QED) is 0.618. The Labute approximate surface area is 186 Å². The van der Waals surface area contributed by atoms with E-state index in [1.54, 1.807) is 52.0 Å². The van der Waals surface area contributed by atoms with E-state index in [4.69, 9.17) is 4.74 Å². The van der Waals surface area contributed by atoms with Gasteiger partial charge in [0.2, 0.25) is 0 Å². The molecule has 32 heavy (non-hydrogen) atoms. The van der Waals surface area contributed by atoms with Gasteiger partial charge >= 0.3 is 12.1 Å². The molecule has 0 aliphatic carbocycles. The highest BCUT2D eigenvalue weighted by atomic mass is 16.6. The monoisotopic (exact) mass is 438 g/mol. The SMILES string of the molecule is CCC1(c2ccccc2)NC(=O)N(NC(=O)c2ccc(NC(=O)OC(C)(C)C)cc2)C1=O. The van der Waals surface area contributed by atoms with Crippen molar-refractivity contribution in [3.8, 4) is 0 Å². The van der Waals surface area contributed by atoms with E-state index < -0.39 is 35.1 Å². The Hall–Kier alpha value is -3.88. The molecule has 0 saturated carbocycles. The number of urea groups is 1. The maximum atomic E-state index is 13.1. The Morgan fingerprint density at radius 1 is 1.03 bits per heavy atom. The molecule has 168 valence electrons. The first kappa shape index (κ1) is 22.8. The van der Waals surface area contributed by atoms with E-state index in [0.717, 1.165) is 0 Å². The maximum absolute atomic E-state index is 13.1. The summed E-state index contributed by atoms with van der Waals surface area (Å²) in [5.74, 6) is -1.20. The molecule has 0 bridgehead atoms. The predicted molar refractivity (Wildman–Crippen MR) is 118 cm³/mol. The number of ether oxygens (including phenoxy) is 1. The Kier molecular flexibility index (Phi) is 6.20. The standard InChI is InChI=1S/C23H26N4O5/c1-5-23(16-9-7-6-8-10-16)19(29)27(20(30)25-23)26-18(28)15-11-13-17(14-12-15)24-21(31)32-22(2,3)4/h6-14H,5H2,1-4H3,(H,24,31)(H,25,30)(H,26,28). The molecule has 2 aromatic rings. The highest BCUT2D eigenvalue weighted by Crippen LogP contribution is 2.31. The van der Waals surface area contributed by atoms with E-state index in [-0.39, 0.29) is 5.56 Å². The molecule has 1 aliphatic heterocycles. The lowest BCUT2D eigenvalue weighted by molar-refractivity contribution is -0.133. The number of nitrogens with one attached hydrogen (secondary N) is 3. The maximum Gasteiger partial charge on any atom is 0.412 e. The number of anilines is 1. The third kappa shape index (κ3) is 4.72. The molecule has 1 heterocycles. The van der Waals surface area contributed by atoms with E-state index in [1.807, 2.05) is 6.07 Å². The van der Waals surface area contributed by atoms with Crippen molar-refractivity contribution in [1.82, 2.24) is 15.8 Å². The van der Waals surface area contributed by atoms with Gasteiger partial charge in [-0.25, -0.2) is 9.59 Å². The molecule has 9 nitrogen and oxygen atoms in total. The summed E-state index contributed by atoms with van der Waals surface area (Å²) in [5, 5.41) is 5.97. The molecule has 1 fully saturated rings. The van der Waals surface area contributed by atoms with Crippen molar-refractivity contribution < 1.29 is 23.9 Å². The van der Waals surface area contributed by atoms with Crippen LogP contribution in [-0.4, -0.2) is 34.5 Å². The van der Waals surface area contributed by atoms with E-state index in [2.05, 4.69) is 16.1 Å². The van der Waals surface area contributed by atoms with Crippen LogP contribution < -0.4 is 16.1 Å². The molecule has 2 aromatic carbocycles. The van der Waals surface area contributed by atoms with Gasteiger partial charge in [0, 0.05) is 11.3 Å². The van der Waals surface area contributed by atoms with Gasteiger partial charge in [-0.1, -0.05) is 37.3 Å². The van der Waals surface area contributed by atoms with Crippen LogP contribution in [0.3, 0.4) is 0 Å². The van der Waals surface area contributed by atoms with Gasteiger partial charge < -0.3 is 10.1 Å². The second kappa shape index (κ2) is 8.70. The van der Waals surface area contributed by atoms with Crippen LogP contribution >= 0.6 is 0 Å². The van der Waals surface area contributed by atoms with Crippen LogP contribution in [0, 0.1) is 0 Å². The lowest BCUT2D eigenvalue weighted by Gasteiger charge is -2.25. The molecule has 0 spiro atoms. The average Bonchev–Trinajstić information content (AvgIpc) is 2.98. The molecule has 3 N–H and O–H groups in total. The van der Waals surface area contributed by atoms with E-state index in [0.29, 0.717) is 22.7 Å². The van der Waals surface area contributed by atoms with Crippen LogP contribution in [-0.2, 0) is 15.1 Å². The number of amides is 5. The topological polar surface area (TPSA) is 117 Å².